The molecule has 0 unspecified atom stereocenters. The smallest absolute Gasteiger partial charge is 0.255 e. The van der Waals surface area contributed by atoms with Crippen molar-refractivity contribution in [3.63, 3.8) is 0 Å². The summed E-state index contributed by atoms with van der Waals surface area (Å²) in [5.41, 5.74) is 0.931. The van der Waals surface area contributed by atoms with Crippen molar-refractivity contribution in [1.82, 2.24) is 24.6 Å². The number of hydrogen-bond acceptors (Lipinski definition) is 4. The second kappa shape index (κ2) is 2.83. The van der Waals surface area contributed by atoms with Gasteiger partial charge in [-0.3, -0.25) is 0 Å². The Balaban J connectivity index is 2.77. The lowest BCUT2D eigenvalue weighted by molar-refractivity contribution is 0.828. The van der Waals surface area contributed by atoms with Gasteiger partial charge in [-0.25, -0.2) is 0 Å². The molecule has 0 saturated heterocycles. The fraction of sp³-hybridized carbons (Fsp3) is 0.111. The molecule has 0 amide bonds. The van der Waals surface area contributed by atoms with Crippen LogP contribution in [0.3, 0.4) is 0 Å². The summed E-state index contributed by atoms with van der Waals surface area (Å²) in [4.78, 5) is 0. The number of aryl methyl sites for hydroxylation is 1. The molecule has 0 aliphatic carbocycles. The molecule has 5 nitrogen and oxygen atoms in total. The van der Waals surface area contributed by atoms with Crippen molar-refractivity contribution in [2.45, 2.75) is 0 Å². The second-order valence-corrected chi connectivity index (χ2v) is 3.66. The van der Waals surface area contributed by atoms with E-state index in [9.17, 15) is 0 Å². The number of nitrogens with zero attached hydrogens (tertiary/aromatic N) is 5. The van der Waals surface area contributed by atoms with Crippen LogP contribution < -0.4 is 0 Å². The highest BCUT2D eigenvalue weighted by Gasteiger charge is 2.07. The van der Waals surface area contributed by atoms with Crippen LogP contribution in [0.15, 0.2) is 24.3 Å². The minimum absolute atomic E-state index is 0.652. The Labute approximate surface area is 89.9 Å². The summed E-state index contributed by atoms with van der Waals surface area (Å²) in [5.74, 6) is 0.652. The van der Waals surface area contributed by atoms with Gasteiger partial charge in [-0.15, -0.1) is 0 Å². The lowest BCUT2D eigenvalue weighted by Gasteiger charge is -2.04. The average Bonchev–Trinajstić information content (AvgIpc) is 2.75. The predicted molar refractivity (Wildman–Crippen MR) is 58.1 cm³/mol. The normalized spacial score (nSPS) is 11.3. The molecular formula is C9H7N5S. The SMILES string of the molecule is Cn1c(=S)c2ccccc2n2nnnc12. The first-order valence-electron chi connectivity index (χ1n) is 4.45. The summed E-state index contributed by atoms with van der Waals surface area (Å²) in [5, 5.41) is 12.5. The summed E-state index contributed by atoms with van der Waals surface area (Å²) < 4.78 is 4.23. The van der Waals surface area contributed by atoms with E-state index < -0.39 is 0 Å². The molecule has 0 aliphatic heterocycles. The molecule has 1 aromatic carbocycles. The Morgan fingerprint density at radius 1 is 1.27 bits per heavy atom. The highest BCUT2D eigenvalue weighted by Crippen LogP contribution is 2.15. The Kier molecular flexibility index (Phi) is 1.60. The number of rotatable bonds is 0. The summed E-state index contributed by atoms with van der Waals surface area (Å²) >= 11 is 5.34. The molecule has 0 aliphatic rings. The lowest BCUT2D eigenvalue weighted by atomic mass is 10.2. The van der Waals surface area contributed by atoms with E-state index >= 15 is 0 Å². The maximum atomic E-state index is 5.34. The van der Waals surface area contributed by atoms with E-state index in [2.05, 4.69) is 15.5 Å². The molecular weight excluding hydrogens is 210 g/mol. The van der Waals surface area contributed by atoms with Crippen LogP contribution in [0.1, 0.15) is 0 Å². The van der Waals surface area contributed by atoms with Crippen molar-refractivity contribution >= 4 is 28.9 Å². The van der Waals surface area contributed by atoms with Crippen LogP contribution in [0.4, 0.5) is 0 Å². The third-order valence-corrected chi connectivity index (χ3v) is 2.91. The van der Waals surface area contributed by atoms with Crippen molar-refractivity contribution in [1.29, 1.82) is 0 Å². The molecule has 0 bridgehead atoms. The van der Waals surface area contributed by atoms with E-state index in [4.69, 9.17) is 12.2 Å². The summed E-state index contributed by atoms with van der Waals surface area (Å²) in [7, 11) is 1.86. The van der Waals surface area contributed by atoms with Crippen LogP contribution in [0.2, 0.25) is 0 Å². The first-order valence-corrected chi connectivity index (χ1v) is 4.85. The number of hydrogen-bond donors (Lipinski definition) is 0. The molecule has 3 aromatic rings. The number of fused-ring (bicyclic) bond motifs is 3. The molecule has 2 aromatic heterocycles. The fourth-order valence-corrected chi connectivity index (χ4v) is 1.91. The highest BCUT2D eigenvalue weighted by molar-refractivity contribution is 7.71. The molecule has 74 valence electrons. The Morgan fingerprint density at radius 2 is 2.07 bits per heavy atom. The number of benzene rings is 1. The average molecular weight is 217 g/mol. The first kappa shape index (κ1) is 8.49. The zero-order valence-corrected chi connectivity index (χ0v) is 8.77. The Bertz CT molecular complexity index is 711. The minimum Gasteiger partial charge on any atom is -0.302 e. The van der Waals surface area contributed by atoms with E-state index in [-0.39, 0.29) is 0 Å². The predicted octanol–water partition coefficient (Wildman–Crippen LogP) is 1.35. The van der Waals surface area contributed by atoms with Crippen molar-refractivity contribution in [2.75, 3.05) is 0 Å². The van der Waals surface area contributed by atoms with E-state index in [1.165, 1.54) is 0 Å². The molecule has 0 radical (unpaired) electrons. The first-order chi connectivity index (χ1) is 7.29. The van der Waals surface area contributed by atoms with Gasteiger partial charge >= 0.3 is 0 Å². The van der Waals surface area contributed by atoms with E-state index in [0.29, 0.717) is 5.78 Å². The van der Waals surface area contributed by atoms with Crippen LogP contribution in [0.25, 0.3) is 16.7 Å². The van der Waals surface area contributed by atoms with Crippen molar-refractivity contribution in [3.8, 4) is 0 Å². The second-order valence-electron chi connectivity index (χ2n) is 3.27. The third kappa shape index (κ3) is 1.02. The van der Waals surface area contributed by atoms with Gasteiger partial charge in [-0.1, -0.05) is 29.4 Å². The quantitative estimate of drug-likeness (QED) is 0.533. The van der Waals surface area contributed by atoms with Gasteiger partial charge in [0.15, 0.2) is 0 Å². The van der Waals surface area contributed by atoms with Gasteiger partial charge in [0.1, 0.15) is 4.64 Å². The molecule has 15 heavy (non-hydrogen) atoms. The fourth-order valence-electron chi connectivity index (χ4n) is 1.66. The maximum Gasteiger partial charge on any atom is 0.255 e. The lowest BCUT2D eigenvalue weighted by Crippen LogP contribution is -2.02. The largest absolute Gasteiger partial charge is 0.302 e. The van der Waals surface area contributed by atoms with Crippen LogP contribution in [0, 0.1) is 4.64 Å². The van der Waals surface area contributed by atoms with Crippen molar-refractivity contribution < 1.29 is 0 Å². The van der Waals surface area contributed by atoms with Crippen LogP contribution in [-0.2, 0) is 7.05 Å². The molecule has 0 fully saturated rings. The number of para-hydroxylation sites is 1. The monoisotopic (exact) mass is 217 g/mol. The molecule has 0 N–H and O–H groups in total. The number of tetrazole rings is 1. The van der Waals surface area contributed by atoms with Crippen molar-refractivity contribution in [2.24, 2.45) is 7.05 Å². The molecule has 0 saturated carbocycles. The Hall–Kier alpha value is -1.82. The summed E-state index contributed by atoms with van der Waals surface area (Å²) in [6.45, 7) is 0. The summed E-state index contributed by atoms with van der Waals surface area (Å²) in [6, 6.07) is 7.82. The number of aromatic nitrogens is 5. The maximum absolute atomic E-state index is 5.34. The van der Waals surface area contributed by atoms with E-state index in [0.717, 1.165) is 15.5 Å². The topological polar surface area (TPSA) is 48.0 Å². The van der Waals surface area contributed by atoms with Crippen LogP contribution in [-0.4, -0.2) is 24.6 Å². The van der Waals surface area contributed by atoms with Gasteiger partial charge < -0.3 is 4.57 Å². The van der Waals surface area contributed by atoms with Gasteiger partial charge in [0.2, 0.25) is 0 Å². The van der Waals surface area contributed by atoms with Crippen LogP contribution in [0.5, 0.6) is 0 Å². The highest BCUT2D eigenvalue weighted by atomic mass is 32.1. The third-order valence-electron chi connectivity index (χ3n) is 2.42. The van der Waals surface area contributed by atoms with Gasteiger partial charge in [0, 0.05) is 12.4 Å². The molecule has 3 rings (SSSR count). The van der Waals surface area contributed by atoms with Gasteiger partial charge in [0.25, 0.3) is 5.78 Å². The van der Waals surface area contributed by atoms with Crippen molar-refractivity contribution in [3.05, 3.63) is 28.9 Å². The molecule has 0 spiro atoms. The van der Waals surface area contributed by atoms with Gasteiger partial charge in [-0.05, 0) is 22.6 Å². The van der Waals surface area contributed by atoms with Crippen LogP contribution >= 0.6 is 12.2 Å². The van der Waals surface area contributed by atoms with E-state index in [1.54, 1.807) is 9.08 Å². The van der Waals surface area contributed by atoms with E-state index in [1.807, 2.05) is 31.3 Å². The molecule has 6 heteroatoms. The zero-order chi connectivity index (χ0) is 10.4. The van der Waals surface area contributed by atoms with Gasteiger partial charge in [-0.2, -0.15) is 4.52 Å². The molecule has 0 atom stereocenters. The van der Waals surface area contributed by atoms with Gasteiger partial charge in [0.05, 0.1) is 5.52 Å². The summed E-state index contributed by atoms with van der Waals surface area (Å²) in [6.07, 6.45) is 0. The minimum atomic E-state index is 0.652. The Morgan fingerprint density at radius 3 is 2.93 bits per heavy atom. The zero-order valence-electron chi connectivity index (χ0n) is 7.95. The molecule has 2 heterocycles. The standard InChI is InChI=1S/C9H7N5S/c1-13-8(15)6-4-2-3-5-7(6)14-9(13)10-11-12-14/h2-5H,1H3.